The van der Waals surface area contributed by atoms with Crippen molar-refractivity contribution in [2.24, 2.45) is 23.2 Å². The summed E-state index contributed by atoms with van der Waals surface area (Å²) in [6.45, 7) is 4.40. The molecule has 3 aliphatic rings. The Morgan fingerprint density at radius 1 is 1.28 bits per heavy atom. The van der Waals surface area contributed by atoms with Gasteiger partial charge in [-0.05, 0) is 72.6 Å². The lowest BCUT2D eigenvalue weighted by atomic mass is 9.54. The number of phosphoric acid groups is 1. The molecule has 0 amide bonds. The van der Waals surface area contributed by atoms with Gasteiger partial charge in [0.05, 0.1) is 0 Å². The fourth-order valence-corrected chi connectivity index (χ4v) is 6.42. The van der Waals surface area contributed by atoms with E-state index in [4.69, 9.17) is 14.3 Å². The minimum atomic E-state index is -4.53. The number of rotatable bonds is 2. The van der Waals surface area contributed by atoms with Crippen LogP contribution in [0.1, 0.15) is 56.6 Å². The Labute approximate surface area is 148 Å². The van der Waals surface area contributed by atoms with E-state index in [0.717, 1.165) is 31.2 Å². The van der Waals surface area contributed by atoms with Gasteiger partial charge in [-0.1, -0.05) is 19.9 Å². The van der Waals surface area contributed by atoms with E-state index in [1.54, 1.807) is 12.1 Å². The number of benzene rings is 1. The van der Waals surface area contributed by atoms with Gasteiger partial charge in [-0.2, -0.15) is 0 Å². The first-order valence-electron chi connectivity index (χ1n) is 9.10. The lowest BCUT2D eigenvalue weighted by Gasteiger charge is -2.49. The van der Waals surface area contributed by atoms with Gasteiger partial charge in [0.15, 0.2) is 0 Å². The molecule has 1 aromatic rings. The highest BCUT2D eigenvalue weighted by Crippen LogP contribution is 2.61. The molecule has 2 saturated carbocycles. The quantitative estimate of drug-likeness (QED) is 0.779. The minimum Gasteiger partial charge on any atom is -0.404 e. The van der Waals surface area contributed by atoms with Gasteiger partial charge in [0.2, 0.25) is 0 Å². The van der Waals surface area contributed by atoms with Gasteiger partial charge in [-0.15, -0.1) is 0 Å². The predicted octanol–water partition coefficient (Wildman–Crippen LogP) is 3.83. The zero-order chi connectivity index (χ0) is 18.0. The molecule has 4 rings (SSSR count). The number of hydrogen-bond acceptors (Lipinski definition) is 3. The molecule has 5 unspecified atom stereocenters. The standard InChI is InChI=1S/C19H25O5P/c1-11-9-17(20)19(2)8-7-15-14-6-4-13(24-25(21,22)23)10-12(14)3-5-16(15)18(11)19/h4,6,10-11,15-16,18H,3,5,7-9H2,1-2H3,(H2,21,22,23). The van der Waals surface area contributed by atoms with Gasteiger partial charge >= 0.3 is 7.82 Å². The van der Waals surface area contributed by atoms with Crippen molar-refractivity contribution in [1.82, 2.24) is 0 Å². The van der Waals surface area contributed by atoms with Gasteiger partial charge < -0.3 is 4.52 Å². The van der Waals surface area contributed by atoms with Crippen molar-refractivity contribution in [3.63, 3.8) is 0 Å². The Balaban J connectivity index is 1.66. The maximum atomic E-state index is 12.5. The average molecular weight is 364 g/mol. The van der Waals surface area contributed by atoms with Crippen molar-refractivity contribution in [2.45, 2.75) is 51.9 Å². The van der Waals surface area contributed by atoms with E-state index in [9.17, 15) is 9.36 Å². The Morgan fingerprint density at radius 3 is 2.76 bits per heavy atom. The third-order valence-electron chi connectivity index (χ3n) is 6.93. The lowest BCUT2D eigenvalue weighted by Crippen LogP contribution is -2.43. The van der Waals surface area contributed by atoms with Crippen LogP contribution in [0.15, 0.2) is 18.2 Å². The highest BCUT2D eigenvalue weighted by molar-refractivity contribution is 7.46. The normalized spacial score (nSPS) is 37.2. The second kappa shape index (κ2) is 5.67. The topological polar surface area (TPSA) is 83.8 Å². The summed E-state index contributed by atoms with van der Waals surface area (Å²) in [5.74, 6) is 2.55. The smallest absolute Gasteiger partial charge is 0.404 e. The first kappa shape index (κ1) is 17.3. The molecule has 5 nitrogen and oxygen atoms in total. The molecule has 2 N–H and O–H groups in total. The van der Waals surface area contributed by atoms with Crippen molar-refractivity contribution in [1.29, 1.82) is 0 Å². The van der Waals surface area contributed by atoms with Crippen LogP contribution in [0.25, 0.3) is 0 Å². The molecule has 25 heavy (non-hydrogen) atoms. The minimum absolute atomic E-state index is 0.151. The second-order valence-corrected chi connectivity index (χ2v) is 9.50. The summed E-state index contributed by atoms with van der Waals surface area (Å²) >= 11 is 0. The number of fused-ring (bicyclic) bond motifs is 5. The first-order chi connectivity index (χ1) is 11.7. The van der Waals surface area contributed by atoms with E-state index in [-0.39, 0.29) is 11.2 Å². The molecule has 0 bridgehead atoms. The number of carbonyl (C=O) groups is 1. The van der Waals surface area contributed by atoms with E-state index >= 15 is 0 Å². The fourth-order valence-electron chi connectivity index (χ4n) is 6.03. The maximum absolute atomic E-state index is 12.5. The van der Waals surface area contributed by atoms with Gasteiger partial charge in [0.25, 0.3) is 0 Å². The van der Waals surface area contributed by atoms with Crippen LogP contribution >= 0.6 is 7.82 Å². The number of carbonyl (C=O) groups excluding carboxylic acids is 1. The first-order valence-corrected chi connectivity index (χ1v) is 10.6. The van der Waals surface area contributed by atoms with Gasteiger partial charge in [0.1, 0.15) is 11.5 Å². The predicted molar refractivity (Wildman–Crippen MR) is 93.3 cm³/mol. The molecule has 3 aliphatic carbocycles. The number of phosphoric ester groups is 1. The summed E-state index contributed by atoms with van der Waals surface area (Å²) in [6, 6.07) is 5.42. The van der Waals surface area contributed by atoms with E-state index in [1.807, 2.05) is 6.07 Å². The van der Waals surface area contributed by atoms with Crippen molar-refractivity contribution in [3.8, 4) is 5.75 Å². The largest absolute Gasteiger partial charge is 0.524 e. The average Bonchev–Trinajstić information content (AvgIpc) is 2.75. The highest BCUT2D eigenvalue weighted by Gasteiger charge is 2.57. The van der Waals surface area contributed by atoms with Crippen molar-refractivity contribution in [2.75, 3.05) is 0 Å². The van der Waals surface area contributed by atoms with Gasteiger partial charge in [-0.3, -0.25) is 14.6 Å². The van der Waals surface area contributed by atoms with E-state index < -0.39 is 7.82 Å². The van der Waals surface area contributed by atoms with Gasteiger partial charge in [-0.25, -0.2) is 4.57 Å². The SMILES string of the molecule is CC1CC(=O)C2(C)CCC3c4ccc(OP(=O)(O)O)cc4CCC3C12. The highest BCUT2D eigenvalue weighted by atomic mass is 31.2. The van der Waals surface area contributed by atoms with Crippen molar-refractivity contribution < 1.29 is 23.7 Å². The molecule has 5 atom stereocenters. The van der Waals surface area contributed by atoms with Crippen molar-refractivity contribution >= 4 is 13.6 Å². The molecule has 0 aliphatic heterocycles. The molecule has 1 aromatic carbocycles. The monoisotopic (exact) mass is 364 g/mol. The van der Waals surface area contributed by atoms with E-state index in [1.165, 1.54) is 5.56 Å². The number of aryl methyl sites for hydroxylation is 1. The summed E-state index contributed by atoms with van der Waals surface area (Å²) < 4.78 is 15.8. The maximum Gasteiger partial charge on any atom is 0.524 e. The van der Waals surface area contributed by atoms with Gasteiger partial charge in [0, 0.05) is 11.8 Å². The second-order valence-electron chi connectivity index (χ2n) is 8.34. The van der Waals surface area contributed by atoms with Crippen LogP contribution in [-0.2, 0) is 15.8 Å². The van der Waals surface area contributed by atoms with E-state index in [2.05, 4.69) is 13.8 Å². The zero-order valence-corrected chi connectivity index (χ0v) is 15.5. The van der Waals surface area contributed by atoms with Crippen LogP contribution in [0.2, 0.25) is 0 Å². The number of hydrogen-bond donors (Lipinski definition) is 2. The molecule has 2 fully saturated rings. The Kier molecular flexibility index (Phi) is 3.91. The molecule has 0 heterocycles. The van der Waals surface area contributed by atoms with Crippen LogP contribution in [-0.4, -0.2) is 15.6 Å². The van der Waals surface area contributed by atoms with Crippen LogP contribution < -0.4 is 4.52 Å². The number of ketones is 1. The Bertz CT molecular complexity index is 769. The molecule has 136 valence electrons. The third-order valence-corrected chi connectivity index (χ3v) is 7.38. The summed E-state index contributed by atoms with van der Waals surface area (Å²) in [4.78, 5) is 30.6. The Morgan fingerprint density at radius 2 is 2.04 bits per heavy atom. The molecule has 0 spiro atoms. The lowest BCUT2D eigenvalue weighted by molar-refractivity contribution is -0.129. The molecular formula is C19H25O5P. The number of Topliss-reactive ketones (excluding diaryl/α,β-unsaturated/α-hetero) is 1. The summed E-state index contributed by atoms with van der Waals surface area (Å²) in [7, 11) is -4.53. The Hall–Kier alpha value is -1.16. The zero-order valence-electron chi connectivity index (χ0n) is 14.6. The van der Waals surface area contributed by atoms with Crippen LogP contribution in [0.5, 0.6) is 5.75 Å². The molecule has 0 aromatic heterocycles. The molecule has 0 radical (unpaired) electrons. The summed E-state index contributed by atoms with van der Waals surface area (Å²) in [5, 5.41) is 0. The molecular weight excluding hydrogens is 339 g/mol. The van der Waals surface area contributed by atoms with Crippen LogP contribution in [0.3, 0.4) is 0 Å². The third kappa shape index (κ3) is 2.77. The van der Waals surface area contributed by atoms with Crippen LogP contribution in [0.4, 0.5) is 0 Å². The summed E-state index contributed by atoms with van der Waals surface area (Å²) in [5.41, 5.74) is 2.26. The molecule has 6 heteroatoms. The van der Waals surface area contributed by atoms with Crippen LogP contribution in [0, 0.1) is 23.2 Å². The summed E-state index contributed by atoms with van der Waals surface area (Å²) in [6.07, 6.45) is 4.59. The molecule has 0 saturated heterocycles. The van der Waals surface area contributed by atoms with Crippen molar-refractivity contribution in [3.05, 3.63) is 29.3 Å². The fraction of sp³-hybridized carbons (Fsp3) is 0.632. The van der Waals surface area contributed by atoms with E-state index in [0.29, 0.717) is 35.9 Å².